The van der Waals surface area contributed by atoms with Crippen molar-refractivity contribution in [3.05, 3.63) is 41.5 Å². The molecule has 2 aromatic rings. The smallest absolute Gasteiger partial charge is 0.224 e. The molecule has 2 heterocycles. The maximum atomic E-state index is 12.3. The lowest BCUT2D eigenvalue weighted by atomic mass is 10.1. The average Bonchev–Trinajstić information content (AvgIpc) is 3.09. The first-order valence-electron chi connectivity index (χ1n) is 8.09. The predicted molar refractivity (Wildman–Crippen MR) is 84.0 cm³/mol. The van der Waals surface area contributed by atoms with Gasteiger partial charge in [-0.1, -0.05) is 12.1 Å². The Morgan fingerprint density at radius 1 is 1.43 bits per heavy atom. The number of hydrogen-bond donors (Lipinski definition) is 1. The number of aryl methyl sites for hydroxylation is 1. The van der Waals surface area contributed by atoms with Crippen LogP contribution in [-0.4, -0.2) is 27.8 Å². The van der Waals surface area contributed by atoms with E-state index in [2.05, 4.69) is 26.1 Å². The SMILES string of the molecule is COc1cccc([C@H]2C[C@@H]2C(=O)NCc2nnc3n2CCC3)c1. The summed E-state index contributed by atoms with van der Waals surface area (Å²) in [7, 11) is 1.66. The van der Waals surface area contributed by atoms with Crippen LogP contribution in [0.3, 0.4) is 0 Å². The number of nitrogens with zero attached hydrogens (tertiary/aromatic N) is 3. The summed E-state index contributed by atoms with van der Waals surface area (Å²) < 4.78 is 7.37. The first-order valence-corrected chi connectivity index (χ1v) is 8.09. The van der Waals surface area contributed by atoms with Crippen LogP contribution >= 0.6 is 0 Å². The molecule has 0 spiro atoms. The van der Waals surface area contributed by atoms with Gasteiger partial charge in [-0.2, -0.15) is 0 Å². The van der Waals surface area contributed by atoms with Gasteiger partial charge in [-0.15, -0.1) is 10.2 Å². The van der Waals surface area contributed by atoms with Crippen molar-refractivity contribution in [2.45, 2.75) is 38.3 Å². The van der Waals surface area contributed by atoms with Gasteiger partial charge in [-0.05, 0) is 36.5 Å². The van der Waals surface area contributed by atoms with Crippen LogP contribution in [0.15, 0.2) is 24.3 Å². The Morgan fingerprint density at radius 2 is 2.35 bits per heavy atom. The molecule has 0 unspecified atom stereocenters. The topological polar surface area (TPSA) is 69.0 Å². The van der Waals surface area contributed by atoms with Crippen LogP contribution in [-0.2, 0) is 24.3 Å². The van der Waals surface area contributed by atoms with Gasteiger partial charge in [0.15, 0.2) is 5.82 Å². The number of carbonyl (C=O) groups is 1. The van der Waals surface area contributed by atoms with Gasteiger partial charge in [-0.3, -0.25) is 4.79 Å². The Labute approximate surface area is 134 Å². The highest BCUT2D eigenvalue weighted by Gasteiger charge is 2.44. The molecule has 1 saturated carbocycles. The van der Waals surface area contributed by atoms with Gasteiger partial charge in [-0.25, -0.2) is 0 Å². The Hall–Kier alpha value is -2.37. The summed E-state index contributed by atoms with van der Waals surface area (Å²) in [6.45, 7) is 1.43. The van der Waals surface area contributed by atoms with E-state index in [0.717, 1.165) is 43.2 Å². The first-order chi connectivity index (χ1) is 11.3. The van der Waals surface area contributed by atoms with Crippen molar-refractivity contribution in [3.8, 4) is 5.75 Å². The number of amides is 1. The van der Waals surface area contributed by atoms with Crippen molar-refractivity contribution in [2.75, 3.05) is 7.11 Å². The van der Waals surface area contributed by atoms with E-state index in [-0.39, 0.29) is 11.8 Å². The van der Waals surface area contributed by atoms with E-state index in [4.69, 9.17) is 4.74 Å². The summed E-state index contributed by atoms with van der Waals surface area (Å²) in [6.07, 6.45) is 3.00. The molecule has 1 fully saturated rings. The molecule has 6 heteroatoms. The normalized spacial score (nSPS) is 21.8. The molecule has 1 aliphatic carbocycles. The summed E-state index contributed by atoms with van der Waals surface area (Å²) in [4.78, 5) is 12.3. The zero-order chi connectivity index (χ0) is 15.8. The molecule has 2 aliphatic rings. The molecule has 23 heavy (non-hydrogen) atoms. The number of methoxy groups -OCH3 is 1. The zero-order valence-corrected chi connectivity index (χ0v) is 13.2. The van der Waals surface area contributed by atoms with Gasteiger partial charge in [0.05, 0.1) is 13.7 Å². The third-order valence-electron chi connectivity index (χ3n) is 4.76. The highest BCUT2D eigenvalue weighted by molar-refractivity contribution is 5.82. The van der Waals surface area contributed by atoms with Crippen LogP contribution in [0.2, 0.25) is 0 Å². The molecule has 4 rings (SSSR count). The summed E-state index contributed by atoms with van der Waals surface area (Å²) >= 11 is 0. The number of fused-ring (bicyclic) bond motifs is 1. The van der Waals surface area contributed by atoms with E-state index in [1.54, 1.807) is 7.11 Å². The van der Waals surface area contributed by atoms with Gasteiger partial charge in [0.2, 0.25) is 5.91 Å². The highest BCUT2D eigenvalue weighted by Crippen LogP contribution is 2.48. The van der Waals surface area contributed by atoms with Gasteiger partial charge < -0.3 is 14.6 Å². The number of ether oxygens (including phenoxy) is 1. The van der Waals surface area contributed by atoms with Crippen LogP contribution in [0, 0.1) is 5.92 Å². The second-order valence-corrected chi connectivity index (χ2v) is 6.23. The fourth-order valence-corrected chi connectivity index (χ4v) is 3.36. The Balaban J connectivity index is 1.35. The summed E-state index contributed by atoms with van der Waals surface area (Å²) in [6, 6.07) is 7.98. The lowest BCUT2D eigenvalue weighted by Crippen LogP contribution is -2.26. The third kappa shape index (κ3) is 2.69. The number of carbonyl (C=O) groups excluding carboxylic acids is 1. The molecule has 0 radical (unpaired) electrons. The molecular weight excluding hydrogens is 292 g/mol. The van der Waals surface area contributed by atoms with E-state index in [9.17, 15) is 4.79 Å². The predicted octanol–water partition coefficient (Wildman–Crippen LogP) is 1.65. The zero-order valence-electron chi connectivity index (χ0n) is 13.2. The first kappa shape index (κ1) is 14.2. The van der Waals surface area contributed by atoms with Crippen LogP contribution < -0.4 is 10.1 Å². The molecule has 6 nitrogen and oxygen atoms in total. The minimum Gasteiger partial charge on any atom is -0.497 e. The quantitative estimate of drug-likeness (QED) is 0.911. The minimum atomic E-state index is 0.0584. The largest absolute Gasteiger partial charge is 0.497 e. The molecule has 1 aromatic heterocycles. The summed E-state index contributed by atoms with van der Waals surface area (Å²) in [5, 5.41) is 11.3. The van der Waals surface area contributed by atoms with Crippen molar-refractivity contribution < 1.29 is 9.53 Å². The minimum absolute atomic E-state index is 0.0584. The van der Waals surface area contributed by atoms with Crippen molar-refractivity contribution >= 4 is 5.91 Å². The van der Waals surface area contributed by atoms with Crippen molar-refractivity contribution in [3.63, 3.8) is 0 Å². The standard InChI is InChI=1S/C17H20N4O2/c1-23-12-5-2-4-11(8-12)13-9-14(13)17(22)18-10-16-20-19-15-6-3-7-21(15)16/h2,4-5,8,13-14H,3,6-7,9-10H2,1H3,(H,18,22)/t13-,14+/m1/s1. The van der Waals surface area contributed by atoms with E-state index in [1.165, 1.54) is 5.56 Å². The lowest BCUT2D eigenvalue weighted by Gasteiger charge is -2.06. The Bertz CT molecular complexity index is 740. The lowest BCUT2D eigenvalue weighted by molar-refractivity contribution is -0.122. The van der Waals surface area contributed by atoms with E-state index < -0.39 is 0 Å². The van der Waals surface area contributed by atoms with Crippen molar-refractivity contribution in [2.24, 2.45) is 5.92 Å². The van der Waals surface area contributed by atoms with Crippen molar-refractivity contribution in [1.82, 2.24) is 20.1 Å². The number of hydrogen-bond acceptors (Lipinski definition) is 4. The number of rotatable bonds is 5. The molecule has 0 saturated heterocycles. The van der Waals surface area contributed by atoms with E-state index in [1.807, 2.05) is 18.2 Å². The fraction of sp³-hybridized carbons (Fsp3) is 0.471. The number of nitrogens with one attached hydrogen (secondary N) is 1. The molecule has 2 atom stereocenters. The molecular formula is C17H20N4O2. The van der Waals surface area contributed by atoms with Crippen LogP contribution in [0.5, 0.6) is 5.75 Å². The molecule has 1 aromatic carbocycles. The monoisotopic (exact) mass is 312 g/mol. The molecule has 0 bridgehead atoms. The highest BCUT2D eigenvalue weighted by atomic mass is 16.5. The van der Waals surface area contributed by atoms with Gasteiger partial charge in [0.1, 0.15) is 11.6 Å². The molecule has 120 valence electrons. The summed E-state index contributed by atoms with van der Waals surface area (Å²) in [5.41, 5.74) is 1.17. The second-order valence-electron chi connectivity index (χ2n) is 6.23. The van der Waals surface area contributed by atoms with E-state index in [0.29, 0.717) is 12.5 Å². The molecule has 1 amide bonds. The van der Waals surface area contributed by atoms with Gasteiger partial charge in [0, 0.05) is 18.9 Å². The maximum absolute atomic E-state index is 12.3. The van der Waals surface area contributed by atoms with Gasteiger partial charge in [0.25, 0.3) is 0 Å². The fourth-order valence-electron chi connectivity index (χ4n) is 3.36. The van der Waals surface area contributed by atoms with E-state index >= 15 is 0 Å². The molecule has 1 aliphatic heterocycles. The maximum Gasteiger partial charge on any atom is 0.224 e. The summed E-state index contributed by atoms with van der Waals surface area (Å²) in [5.74, 6) is 3.21. The van der Waals surface area contributed by atoms with Crippen LogP contribution in [0.1, 0.15) is 36.0 Å². The Morgan fingerprint density at radius 3 is 3.22 bits per heavy atom. The molecule has 1 N–H and O–H groups in total. The Kier molecular flexibility index (Phi) is 3.52. The number of benzene rings is 1. The second kappa shape index (κ2) is 5.68. The van der Waals surface area contributed by atoms with Gasteiger partial charge >= 0.3 is 0 Å². The number of aromatic nitrogens is 3. The van der Waals surface area contributed by atoms with Crippen molar-refractivity contribution in [1.29, 1.82) is 0 Å². The third-order valence-corrected chi connectivity index (χ3v) is 4.76. The van der Waals surface area contributed by atoms with Crippen LogP contribution in [0.25, 0.3) is 0 Å². The van der Waals surface area contributed by atoms with Crippen LogP contribution in [0.4, 0.5) is 0 Å². The average molecular weight is 312 g/mol.